The number of aryl methyl sites for hydroxylation is 1. The highest BCUT2D eigenvalue weighted by Gasteiger charge is 2.10. The van der Waals surface area contributed by atoms with Gasteiger partial charge < -0.3 is 10.2 Å². The van der Waals surface area contributed by atoms with E-state index in [1.165, 1.54) is 4.90 Å². The summed E-state index contributed by atoms with van der Waals surface area (Å²) in [6.07, 6.45) is 0.422. The lowest BCUT2D eigenvalue weighted by atomic mass is 10.1. The SMILES string of the molecule is CCC(=O)Nc1cc(C(=O)N(C)C)ccc1C. The number of hydrogen-bond acceptors (Lipinski definition) is 2. The third kappa shape index (κ3) is 3.31. The Kier molecular flexibility index (Phi) is 4.26. The first-order valence-electron chi connectivity index (χ1n) is 5.57. The Morgan fingerprint density at radius 2 is 1.94 bits per heavy atom. The molecule has 0 spiro atoms. The molecule has 0 aliphatic rings. The predicted molar refractivity (Wildman–Crippen MR) is 68.1 cm³/mol. The van der Waals surface area contributed by atoms with Crippen molar-refractivity contribution in [3.8, 4) is 0 Å². The molecule has 1 N–H and O–H groups in total. The van der Waals surface area contributed by atoms with E-state index in [-0.39, 0.29) is 11.8 Å². The molecule has 0 unspecified atom stereocenters. The Balaban J connectivity index is 3.02. The van der Waals surface area contributed by atoms with Crippen LogP contribution >= 0.6 is 0 Å². The topological polar surface area (TPSA) is 49.4 Å². The number of anilines is 1. The van der Waals surface area contributed by atoms with Crippen LogP contribution in [-0.4, -0.2) is 30.8 Å². The number of benzene rings is 1. The summed E-state index contributed by atoms with van der Waals surface area (Å²) < 4.78 is 0. The molecule has 4 nitrogen and oxygen atoms in total. The summed E-state index contributed by atoms with van der Waals surface area (Å²) in [4.78, 5) is 24.6. The van der Waals surface area contributed by atoms with Crippen molar-refractivity contribution in [2.75, 3.05) is 19.4 Å². The number of carbonyl (C=O) groups excluding carboxylic acids is 2. The number of rotatable bonds is 3. The van der Waals surface area contributed by atoms with E-state index < -0.39 is 0 Å². The highest BCUT2D eigenvalue weighted by atomic mass is 16.2. The molecule has 0 fully saturated rings. The van der Waals surface area contributed by atoms with E-state index in [1.54, 1.807) is 33.2 Å². The molecule has 0 saturated carbocycles. The zero-order valence-electron chi connectivity index (χ0n) is 10.7. The predicted octanol–water partition coefficient (Wildman–Crippen LogP) is 2.05. The van der Waals surface area contributed by atoms with Crippen LogP contribution in [0.1, 0.15) is 29.3 Å². The Labute approximate surface area is 102 Å². The normalized spacial score (nSPS) is 9.88. The summed E-state index contributed by atoms with van der Waals surface area (Å²) in [5.41, 5.74) is 2.22. The van der Waals surface area contributed by atoms with Crippen molar-refractivity contribution >= 4 is 17.5 Å². The maximum Gasteiger partial charge on any atom is 0.253 e. The van der Waals surface area contributed by atoms with Crippen LogP contribution in [0.2, 0.25) is 0 Å². The first kappa shape index (κ1) is 13.2. The lowest BCUT2D eigenvalue weighted by Gasteiger charge is -2.13. The van der Waals surface area contributed by atoms with Crippen LogP contribution in [0.15, 0.2) is 18.2 Å². The molecule has 0 aromatic heterocycles. The first-order valence-corrected chi connectivity index (χ1v) is 5.57. The molecule has 1 rings (SSSR count). The average Bonchev–Trinajstić information content (AvgIpc) is 2.30. The van der Waals surface area contributed by atoms with E-state index >= 15 is 0 Å². The maximum atomic E-state index is 11.8. The molecule has 0 atom stereocenters. The van der Waals surface area contributed by atoms with Crippen molar-refractivity contribution < 1.29 is 9.59 Å². The molecule has 0 bridgehead atoms. The fraction of sp³-hybridized carbons (Fsp3) is 0.385. The Morgan fingerprint density at radius 3 is 2.47 bits per heavy atom. The van der Waals surface area contributed by atoms with Crippen molar-refractivity contribution in [2.24, 2.45) is 0 Å². The summed E-state index contributed by atoms with van der Waals surface area (Å²) in [7, 11) is 3.40. The quantitative estimate of drug-likeness (QED) is 0.870. The lowest BCUT2D eigenvalue weighted by molar-refractivity contribution is -0.115. The summed E-state index contributed by atoms with van der Waals surface area (Å²) in [5, 5.41) is 2.78. The number of nitrogens with one attached hydrogen (secondary N) is 1. The number of carbonyl (C=O) groups is 2. The van der Waals surface area contributed by atoms with Crippen molar-refractivity contribution in [3.63, 3.8) is 0 Å². The number of amides is 2. The molecule has 92 valence electrons. The summed E-state index contributed by atoms with van der Waals surface area (Å²) in [6, 6.07) is 5.31. The van der Waals surface area contributed by atoms with E-state index in [0.717, 1.165) is 5.56 Å². The van der Waals surface area contributed by atoms with Gasteiger partial charge in [-0.1, -0.05) is 13.0 Å². The second-order valence-electron chi connectivity index (χ2n) is 4.13. The van der Waals surface area contributed by atoms with Crippen LogP contribution in [0.4, 0.5) is 5.69 Å². The van der Waals surface area contributed by atoms with Crippen LogP contribution in [-0.2, 0) is 4.79 Å². The third-order valence-electron chi connectivity index (χ3n) is 2.49. The Hall–Kier alpha value is -1.84. The molecule has 17 heavy (non-hydrogen) atoms. The number of hydrogen-bond donors (Lipinski definition) is 1. The zero-order valence-corrected chi connectivity index (χ0v) is 10.7. The van der Waals surface area contributed by atoms with Gasteiger partial charge in [-0.2, -0.15) is 0 Å². The van der Waals surface area contributed by atoms with Gasteiger partial charge in [-0.25, -0.2) is 0 Å². The van der Waals surface area contributed by atoms with Gasteiger partial charge in [0.25, 0.3) is 5.91 Å². The third-order valence-corrected chi connectivity index (χ3v) is 2.49. The molecular weight excluding hydrogens is 216 g/mol. The maximum absolute atomic E-state index is 11.8. The van der Waals surface area contributed by atoms with Crippen molar-refractivity contribution in [3.05, 3.63) is 29.3 Å². The van der Waals surface area contributed by atoms with E-state index in [1.807, 2.05) is 13.0 Å². The van der Waals surface area contributed by atoms with Crippen LogP contribution in [0, 0.1) is 6.92 Å². The highest BCUT2D eigenvalue weighted by Crippen LogP contribution is 2.18. The Bertz CT molecular complexity index is 439. The van der Waals surface area contributed by atoms with E-state index in [9.17, 15) is 9.59 Å². The Morgan fingerprint density at radius 1 is 1.29 bits per heavy atom. The molecule has 4 heteroatoms. The molecule has 2 amide bonds. The minimum Gasteiger partial charge on any atom is -0.345 e. The molecule has 0 radical (unpaired) electrons. The van der Waals surface area contributed by atoms with Crippen molar-refractivity contribution in [2.45, 2.75) is 20.3 Å². The molecule has 0 aliphatic carbocycles. The fourth-order valence-electron chi connectivity index (χ4n) is 1.39. The summed E-state index contributed by atoms with van der Waals surface area (Å²) >= 11 is 0. The van der Waals surface area contributed by atoms with Gasteiger partial charge in [0.15, 0.2) is 0 Å². The summed E-state index contributed by atoms with van der Waals surface area (Å²) in [6.45, 7) is 3.69. The molecule has 1 aromatic carbocycles. The average molecular weight is 234 g/mol. The fourth-order valence-corrected chi connectivity index (χ4v) is 1.39. The van der Waals surface area contributed by atoms with Crippen molar-refractivity contribution in [1.29, 1.82) is 0 Å². The molecular formula is C13H18N2O2. The van der Waals surface area contributed by atoms with Gasteiger partial charge in [0.1, 0.15) is 0 Å². The highest BCUT2D eigenvalue weighted by molar-refractivity contribution is 5.97. The largest absolute Gasteiger partial charge is 0.345 e. The molecule has 0 saturated heterocycles. The van der Waals surface area contributed by atoms with Crippen LogP contribution < -0.4 is 5.32 Å². The standard InChI is InChI=1S/C13H18N2O2/c1-5-12(16)14-11-8-10(7-6-9(11)2)13(17)15(3)4/h6-8H,5H2,1-4H3,(H,14,16). The van der Waals surface area contributed by atoms with E-state index in [4.69, 9.17) is 0 Å². The van der Waals surface area contributed by atoms with Crippen LogP contribution in [0.25, 0.3) is 0 Å². The molecule has 0 heterocycles. The van der Waals surface area contributed by atoms with Gasteiger partial charge in [0, 0.05) is 31.8 Å². The minimum absolute atomic E-state index is 0.0532. The van der Waals surface area contributed by atoms with Gasteiger partial charge >= 0.3 is 0 Å². The van der Waals surface area contributed by atoms with Gasteiger partial charge in [-0.15, -0.1) is 0 Å². The molecule has 0 aliphatic heterocycles. The van der Waals surface area contributed by atoms with E-state index in [2.05, 4.69) is 5.32 Å². The molecule has 1 aromatic rings. The zero-order chi connectivity index (χ0) is 13.0. The smallest absolute Gasteiger partial charge is 0.253 e. The lowest BCUT2D eigenvalue weighted by Crippen LogP contribution is -2.22. The minimum atomic E-state index is -0.0722. The summed E-state index contributed by atoms with van der Waals surface area (Å²) in [5.74, 6) is -0.125. The van der Waals surface area contributed by atoms with Crippen LogP contribution in [0.3, 0.4) is 0 Å². The number of nitrogens with zero attached hydrogens (tertiary/aromatic N) is 1. The van der Waals surface area contributed by atoms with Gasteiger partial charge in [-0.3, -0.25) is 9.59 Å². The van der Waals surface area contributed by atoms with Gasteiger partial charge in [-0.05, 0) is 24.6 Å². The van der Waals surface area contributed by atoms with Crippen LogP contribution in [0.5, 0.6) is 0 Å². The first-order chi connectivity index (χ1) is 7.95. The second kappa shape index (κ2) is 5.48. The van der Waals surface area contributed by atoms with Gasteiger partial charge in [0.2, 0.25) is 5.91 Å². The monoisotopic (exact) mass is 234 g/mol. The van der Waals surface area contributed by atoms with E-state index in [0.29, 0.717) is 17.7 Å². The van der Waals surface area contributed by atoms with Gasteiger partial charge in [0.05, 0.1) is 0 Å². The van der Waals surface area contributed by atoms with Crippen molar-refractivity contribution in [1.82, 2.24) is 4.90 Å². The second-order valence-corrected chi connectivity index (χ2v) is 4.13.